The monoisotopic (exact) mass is 713 g/mol. The van der Waals surface area contributed by atoms with Crippen LogP contribution in [0.25, 0.3) is 0 Å². The van der Waals surface area contributed by atoms with E-state index in [2.05, 4.69) is 210 Å². The molecule has 2 aliphatic heterocycles. The number of hydrogen-bond acceptors (Lipinski definition) is 2. The summed E-state index contributed by atoms with van der Waals surface area (Å²) in [4.78, 5) is 2.45. The first-order valence-electron chi connectivity index (χ1n) is 20.0. The Hall–Kier alpha value is -5.80. The second-order valence-corrected chi connectivity index (χ2v) is 16.2. The van der Waals surface area contributed by atoms with Gasteiger partial charge in [0, 0.05) is 11.8 Å². The molecule has 0 atom stereocenters. The van der Waals surface area contributed by atoms with Crippen LogP contribution in [0.5, 0.6) is 11.5 Å². The van der Waals surface area contributed by atoms with Crippen LogP contribution >= 0.6 is 0 Å². The van der Waals surface area contributed by atoms with E-state index in [1.807, 2.05) is 0 Å². The number of anilines is 3. The Kier molecular flexibility index (Phi) is 8.77. The van der Waals surface area contributed by atoms with E-state index < -0.39 is 5.41 Å². The highest BCUT2D eigenvalue weighted by molar-refractivity contribution is 6.97. The molecular weight excluding hydrogens is 665 g/mol. The Morgan fingerprint density at radius 1 is 0.473 bits per heavy atom. The topological polar surface area (TPSA) is 12.5 Å². The average Bonchev–Trinajstić information content (AvgIpc) is 3.21. The lowest BCUT2D eigenvalue weighted by molar-refractivity contribution is 0.487. The van der Waals surface area contributed by atoms with E-state index in [1.165, 1.54) is 55.3 Å². The van der Waals surface area contributed by atoms with Crippen molar-refractivity contribution < 1.29 is 4.74 Å². The third-order valence-electron chi connectivity index (χ3n) is 12.0. The second kappa shape index (κ2) is 13.8. The molecule has 2 nitrogen and oxygen atoms in total. The van der Waals surface area contributed by atoms with E-state index in [9.17, 15) is 0 Å². The molecule has 0 saturated heterocycles. The molecule has 7 aromatic rings. The van der Waals surface area contributed by atoms with Crippen molar-refractivity contribution >= 4 is 40.2 Å². The lowest BCUT2D eigenvalue weighted by atomic mass is 9.34. The highest BCUT2D eigenvalue weighted by Gasteiger charge is 2.46. The second-order valence-electron chi connectivity index (χ2n) is 16.2. The van der Waals surface area contributed by atoms with Crippen LogP contribution in [-0.4, -0.2) is 6.71 Å². The molecular formula is C52H48BNO. The Morgan fingerprint density at radius 3 is 1.51 bits per heavy atom. The summed E-state index contributed by atoms with van der Waals surface area (Å²) >= 11 is 0. The molecule has 0 radical (unpaired) electrons. The first kappa shape index (κ1) is 34.9. The largest absolute Gasteiger partial charge is 0.458 e. The molecule has 0 amide bonds. The molecule has 0 saturated carbocycles. The van der Waals surface area contributed by atoms with Gasteiger partial charge in [-0.15, -0.1) is 0 Å². The van der Waals surface area contributed by atoms with Gasteiger partial charge in [0.15, 0.2) is 0 Å². The highest BCUT2D eigenvalue weighted by Crippen LogP contribution is 2.57. The lowest BCUT2D eigenvalue weighted by Gasteiger charge is -2.46. The van der Waals surface area contributed by atoms with Gasteiger partial charge in [0.25, 0.3) is 6.71 Å². The van der Waals surface area contributed by atoms with Gasteiger partial charge in [-0.25, -0.2) is 0 Å². The van der Waals surface area contributed by atoms with Crippen LogP contribution in [0.1, 0.15) is 98.2 Å². The molecule has 9 rings (SSSR count). The lowest BCUT2D eigenvalue weighted by Crippen LogP contribution is -2.57. The predicted molar refractivity (Wildman–Crippen MR) is 233 cm³/mol. The minimum absolute atomic E-state index is 0.0507. The molecule has 0 unspecified atom stereocenters. The molecule has 0 spiro atoms. The number of para-hydroxylation sites is 3. The number of benzene rings is 7. The molecule has 2 heterocycles. The molecule has 0 N–H and O–H groups in total. The fraction of sp³-hybridized carbons (Fsp3) is 0.192. The SMILES string of the molecule is CC(C)c1cc(C(C)C)c(B2c3ccccc3Oc3cc(N4c5ccccc5C(c5ccccc5)(c5ccccc5)c5ccccc54)ccc32)c(C(C)C)c1. The minimum atomic E-state index is -0.510. The van der Waals surface area contributed by atoms with E-state index in [1.54, 1.807) is 0 Å². The van der Waals surface area contributed by atoms with Gasteiger partial charge in [0.2, 0.25) is 0 Å². The van der Waals surface area contributed by atoms with Gasteiger partial charge < -0.3 is 9.64 Å². The smallest absolute Gasteiger partial charge is 0.251 e. The summed E-state index contributed by atoms with van der Waals surface area (Å²) in [7, 11) is 0. The first-order valence-corrected chi connectivity index (χ1v) is 20.0. The zero-order chi connectivity index (χ0) is 37.8. The number of ether oxygens (including phenoxy) is 1. The third kappa shape index (κ3) is 5.55. The highest BCUT2D eigenvalue weighted by atomic mass is 16.5. The van der Waals surface area contributed by atoms with Crippen LogP contribution in [0.3, 0.4) is 0 Å². The van der Waals surface area contributed by atoms with Crippen molar-refractivity contribution in [3.05, 3.63) is 203 Å². The maximum atomic E-state index is 6.95. The molecule has 3 heteroatoms. The quantitative estimate of drug-likeness (QED) is 0.153. The van der Waals surface area contributed by atoms with Gasteiger partial charge in [-0.2, -0.15) is 0 Å². The standard InChI is InChI=1S/C52H48BNO/c1-34(2)37-31-41(35(3)4)51(42(32-37)36(5)6)53-45-25-15-18-28-49(45)55-50-33-40(29-30-46(50)53)54-47-26-16-13-23-43(47)52(38-19-9-7-10-20-38,39-21-11-8-12-22-39)44-24-14-17-27-48(44)54/h7-36H,1-6H3. The first-order chi connectivity index (χ1) is 26.8. The van der Waals surface area contributed by atoms with Crippen LogP contribution in [0.2, 0.25) is 0 Å². The Morgan fingerprint density at radius 2 is 0.964 bits per heavy atom. The Bertz CT molecular complexity index is 2400. The number of hydrogen-bond donors (Lipinski definition) is 0. The number of fused-ring (bicyclic) bond motifs is 4. The summed E-state index contributed by atoms with van der Waals surface area (Å²) in [6.07, 6.45) is 0. The third-order valence-corrected chi connectivity index (χ3v) is 12.0. The molecule has 0 fully saturated rings. The fourth-order valence-electron chi connectivity index (χ4n) is 9.43. The van der Waals surface area contributed by atoms with Crippen molar-refractivity contribution in [3.8, 4) is 11.5 Å². The van der Waals surface area contributed by atoms with E-state index >= 15 is 0 Å². The molecule has 270 valence electrons. The molecule has 0 aromatic heterocycles. The zero-order valence-electron chi connectivity index (χ0n) is 32.8. The number of nitrogens with zero attached hydrogens (tertiary/aromatic N) is 1. The van der Waals surface area contributed by atoms with Crippen molar-refractivity contribution in [3.63, 3.8) is 0 Å². The van der Waals surface area contributed by atoms with Crippen LogP contribution < -0.4 is 26.0 Å². The summed E-state index contributed by atoms with van der Waals surface area (Å²) in [5, 5.41) is 0. The van der Waals surface area contributed by atoms with Crippen LogP contribution in [0.15, 0.2) is 164 Å². The van der Waals surface area contributed by atoms with Gasteiger partial charge >= 0.3 is 0 Å². The van der Waals surface area contributed by atoms with Gasteiger partial charge in [0.05, 0.1) is 16.8 Å². The summed E-state index contributed by atoms with van der Waals surface area (Å²) < 4.78 is 6.95. The molecule has 0 aliphatic carbocycles. The van der Waals surface area contributed by atoms with Gasteiger partial charge in [-0.1, -0.05) is 180 Å². The van der Waals surface area contributed by atoms with E-state index in [4.69, 9.17) is 4.74 Å². The summed E-state index contributed by atoms with van der Waals surface area (Å²) in [6, 6.07) is 60.5. The van der Waals surface area contributed by atoms with Crippen LogP contribution in [-0.2, 0) is 5.41 Å². The van der Waals surface area contributed by atoms with E-state index in [-0.39, 0.29) is 6.71 Å². The summed E-state index contributed by atoms with van der Waals surface area (Å²) in [5.74, 6) is 3.05. The van der Waals surface area contributed by atoms with Crippen molar-refractivity contribution in [1.29, 1.82) is 0 Å². The maximum Gasteiger partial charge on any atom is 0.251 e. The van der Waals surface area contributed by atoms with Crippen molar-refractivity contribution in [2.75, 3.05) is 4.90 Å². The van der Waals surface area contributed by atoms with Crippen molar-refractivity contribution in [2.45, 2.75) is 64.7 Å². The van der Waals surface area contributed by atoms with Gasteiger partial charge in [0.1, 0.15) is 11.5 Å². The molecule has 55 heavy (non-hydrogen) atoms. The molecule has 0 bridgehead atoms. The summed E-state index contributed by atoms with van der Waals surface area (Å²) in [5.41, 5.74) is 16.1. The average molecular weight is 714 g/mol. The molecule has 7 aromatic carbocycles. The van der Waals surface area contributed by atoms with E-state index in [0.29, 0.717) is 17.8 Å². The Balaban J connectivity index is 1.28. The summed E-state index contributed by atoms with van der Waals surface area (Å²) in [6.45, 7) is 14.1. The van der Waals surface area contributed by atoms with Crippen LogP contribution in [0.4, 0.5) is 17.1 Å². The van der Waals surface area contributed by atoms with Crippen molar-refractivity contribution in [1.82, 2.24) is 0 Å². The van der Waals surface area contributed by atoms with Gasteiger partial charge in [-0.05, 0) is 91.9 Å². The zero-order valence-corrected chi connectivity index (χ0v) is 32.8. The predicted octanol–water partition coefficient (Wildman–Crippen LogP) is 11.8. The number of rotatable bonds is 7. The minimum Gasteiger partial charge on any atom is -0.458 e. The Labute approximate surface area is 327 Å². The molecule has 2 aliphatic rings. The van der Waals surface area contributed by atoms with E-state index in [0.717, 1.165) is 28.6 Å². The fourth-order valence-corrected chi connectivity index (χ4v) is 9.43. The van der Waals surface area contributed by atoms with Gasteiger partial charge in [-0.3, -0.25) is 0 Å². The van der Waals surface area contributed by atoms with Crippen LogP contribution in [0, 0.1) is 0 Å². The normalized spacial score (nSPS) is 14.0. The van der Waals surface area contributed by atoms with Crippen molar-refractivity contribution in [2.24, 2.45) is 0 Å². The maximum absolute atomic E-state index is 6.95.